The molecule has 1 heterocycles. The summed E-state index contributed by atoms with van der Waals surface area (Å²) in [7, 11) is 0. The van der Waals surface area contributed by atoms with Crippen LogP contribution in [0.1, 0.15) is 18.1 Å². The second kappa shape index (κ2) is 7.67. The molecule has 5 heteroatoms. The summed E-state index contributed by atoms with van der Waals surface area (Å²) in [5, 5.41) is 16.5. The van der Waals surface area contributed by atoms with Crippen molar-refractivity contribution < 1.29 is 4.79 Å². The summed E-state index contributed by atoms with van der Waals surface area (Å²) in [6.07, 6.45) is 0. The van der Waals surface area contributed by atoms with Crippen LogP contribution in [0.2, 0.25) is 0 Å². The number of benzene rings is 1. The summed E-state index contributed by atoms with van der Waals surface area (Å²) >= 11 is 2.59. The lowest BCUT2D eigenvalue weighted by Crippen LogP contribution is -2.26. The molecule has 1 aromatic heterocycles. The van der Waals surface area contributed by atoms with Crippen LogP contribution in [0.25, 0.3) is 5.70 Å². The molecule has 2 aromatic rings. The van der Waals surface area contributed by atoms with E-state index in [1.165, 1.54) is 0 Å². The van der Waals surface area contributed by atoms with Gasteiger partial charge in [0.15, 0.2) is 0 Å². The van der Waals surface area contributed by atoms with Gasteiger partial charge in [-0.25, -0.2) is 0 Å². The van der Waals surface area contributed by atoms with Crippen molar-refractivity contribution in [1.29, 1.82) is 5.26 Å². The SMILES string of the molecule is CC(=O)N(Cc1ccccc1)C(=CSC#N)c1ccsc1. The number of carbonyl (C=O) groups excluding carboxylic acids is 1. The molecule has 2 rings (SSSR count). The van der Waals surface area contributed by atoms with Gasteiger partial charge in [-0.3, -0.25) is 4.79 Å². The van der Waals surface area contributed by atoms with Gasteiger partial charge in [0.05, 0.1) is 12.2 Å². The quantitative estimate of drug-likeness (QED) is 0.772. The summed E-state index contributed by atoms with van der Waals surface area (Å²) in [5.74, 6) is -0.0464. The van der Waals surface area contributed by atoms with Crippen LogP contribution in [-0.2, 0) is 11.3 Å². The number of amides is 1. The van der Waals surface area contributed by atoms with Gasteiger partial charge >= 0.3 is 0 Å². The van der Waals surface area contributed by atoms with E-state index in [-0.39, 0.29) is 5.91 Å². The van der Waals surface area contributed by atoms with Crippen LogP contribution in [0, 0.1) is 10.7 Å². The Morgan fingerprint density at radius 3 is 2.71 bits per heavy atom. The van der Waals surface area contributed by atoms with Crippen molar-refractivity contribution in [2.24, 2.45) is 0 Å². The molecule has 0 aliphatic rings. The van der Waals surface area contributed by atoms with Crippen molar-refractivity contribution in [3.8, 4) is 5.40 Å². The highest BCUT2D eigenvalue weighted by Gasteiger charge is 2.17. The fourth-order valence-corrected chi connectivity index (χ4v) is 2.99. The number of nitriles is 1. The second-order valence-corrected chi connectivity index (χ2v) is 5.75. The maximum atomic E-state index is 12.0. The maximum absolute atomic E-state index is 12.0. The molecule has 0 saturated heterocycles. The Bertz CT molecular complexity index is 657. The molecule has 0 radical (unpaired) electrons. The lowest BCUT2D eigenvalue weighted by atomic mass is 10.1. The summed E-state index contributed by atoms with van der Waals surface area (Å²) < 4.78 is 0. The Morgan fingerprint density at radius 1 is 1.38 bits per heavy atom. The Morgan fingerprint density at radius 2 is 2.14 bits per heavy atom. The van der Waals surface area contributed by atoms with Crippen molar-refractivity contribution >= 4 is 34.7 Å². The van der Waals surface area contributed by atoms with Gasteiger partial charge in [-0.2, -0.15) is 16.6 Å². The number of thioether (sulfide) groups is 1. The Kier molecular flexibility index (Phi) is 5.61. The number of nitrogens with zero attached hydrogens (tertiary/aromatic N) is 2. The lowest BCUT2D eigenvalue weighted by molar-refractivity contribution is -0.126. The van der Waals surface area contributed by atoms with Crippen LogP contribution < -0.4 is 0 Å². The molecule has 0 fully saturated rings. The molecular formula is C16H14N2OS2. The highest BCUT2D eigenvalue weighted by Crippen LogP contribution is 2.26. The molecule has 0 spiro atoms. The third kappa shape index (κ3) is 4.22. The summed E-state index contributed by atoms with van der Waals surface area (Å²) in [6.45, 7) is 2.03. The van der Waals surface area contributed by atoms with Crippen LogP contribution >= 0.6 is 23.1 Å². The van der Waals surface area contributed by atoms with E-state index in [1.807, 2.05) is 52.6 Å². The van der Waals surface area contributed by atoms with Crippen molar-refractivity contribution in [3.05, 3.63) is 63.7 Å². The van der Waals surface area contributed by atoms with Gasteiger partial charge in [-0.15, -0.1) is 0 Å². The molecule has 0 aliphatic heterocycles. The first-order valence-electron chi connectivity index (χ1n) is 6.32. The standard InChI is InChI=1S/C16H14N2OS2/c1-13(19)18(9-14-5-3-2-4-6-14)16(11-21-12-17)15-7-8-20-10-15/h2-8,10-11H,9H2,1H3. The molecule has 0 bridgehead atoms. The predicted molar refractivity (Wildman–Crippen MR) is 88.2 cm³/mol. The highest BCUT2D eigenvalue weighted by molar-refractivity contribution is 8.06. The van der Waals surface area contributed by atoms with Crippen molar-refractivity contribution in [1.82, 2.24) is 4.90 Å². The number of thiophene rings is 1. The largest absolute Gasteiger partial charge is 0.307 e. The van der Waals surface area contributed by atoms with Crippen molar-refractivity contribution in [2.75, 3.05) is 0 Å². The summed E-state index contributed by atoms with van der Waals surface area (Å²) in [5.41, 5.74) is 2.77. The molecular weight excluding hydrogens is 300 g/mol. The van der Waals surface area contributed by atoms with Crippen LogP contribution in [0.15, 0.2) is 52.6 Å². The van der Waals surface area contributed by atoms with Crippen LogP contribution in [0.3, 0.4) is 0 Å². The first kappa shape index (κ1) is 15.4. The zero-order valence-electron chi connectivity index (χ0n) is 11.5. The van der Waals surface area contributed by atoms with Crippen LogP contribution in [0.4, 0.5) is 0 Å². The normalized spacial score (nSPS) is 11.0. The van der Waals surface area contributed by atoms with E-state index in [4.69, 9.17) is 5.26 Å². The number of hydrogen-bond acceptors (Lipinski definition) is 4. The predicted octanol–water partition coefficient (Wildman–Crippen LogP) is 4.31. The minimum absolute atomic E-state index is 0.0464. The average molecular weight is 314 g/mol. The molecule has 21 heavy (non-hydrogen) atoms. The summed E-state index contributed by atoms with van der Waals surface area (Å²) in [6, 6.07) is 11.8. The van der Waals surface area contributed by atoms with Crippen LogP contribution in [0.5, 0.6) is 0 Å². The fourth-order valence-electron chi connectivity index (χ4n) is 1.91. The second-order valence-electron chi connectivity index (χ2n) is 4.32. The first-order valence-corrected chi connectivity index (χ1v) is 8.14. The first-order chi connectivity index (χ1) is 10.2. The van der Waals surface area contributed by atoms with Gasteiger partial charge in [-0.05, 0) is 28.8 Å². The number of carbonyl (C=O) groups is 1. The summed E-state index contributed by atoms with van der Waals surface area (Å²) in [4.78, 5) is 13.7. The molecule has 0 saturated carbocycles. The Hall–Kier alpha value is -2.03. The zero-order chi connectivity index (χ0) is 15.1. The van der Waals surface area contributed by atoms with Crippen molar-refractivity contribution in [3.63, 3.8) is 0 Å². The number of rotatable bonds is 5. The van der Waals surface area contributed by atoms with Crippen LogP contribution in [-0.4, -0.2) is 10.8 Å². The molecule has 106 valence electrons. The minimum atomic E-state index is -0.0464. The smallest absolute Gasteiger partial charge is 0.224 e. The molecule has 0 aliphatic carbocycles. The van der Waals surface area contributed by atoms with Gasteiger partial charge in [0.25, 0.3) is 0 Å². The van der Waals surface area contributed by atoms with E-state index in [0.29, 0.717) is 6.54 Å². The van der Waals surface area contributed by atoms with Gasteiger partial charge in [0.2, 0.25) is 5.91 Å². The van der Waals surface area contributed by atoms with Crippen molar-refractivity contribution in [2.45, 2.75) is 13.5 Å². The average Bonchev–Trinajstić information content (AvgIpc) is 3.01. The zero-order valence-corrected chi connectivity index (χ0v) is 13.2. The highest BCUT2D eigenvalue weighted by atomic mass is 32.2. The van der Waals surface area contributed by atoms with Gasteiger partial charge in [0, 0.05) is 23.3 Å². The molecule has 1 aromatic carbocycles. The molecule has 0 atom stereocenters. The Labute approximate surface area is 132 Å². The minimum Gasteiger partial charge on any atom is -0.307 e. The third-order valence-corrected chi connectivity index (χ3v) is 4.02. The van der Waals surface area contributed by atoms with E-state index in [9.17, 15) is 4.79 Å². The van der Waals surface area contributed by atoms with Gasteiger partial charge in [-0.1, -0.05) is 30.3 Å². The number of thiocyanates is 1. The van der Waals surface area contributed by atoms with E-state index in [1.54, 1.807) is 28.6 Å². The Balaban J connectivity index is 2.34. The molecule has 1 amide bonds. The topological polar surface area (TPSA) is 44.1 Å². The van der Waals surface area contributed by atoms with E-state index < -0.39 is 0 Å². The van der Waals surface area contributed by atoms with E-state index >= 15 is 0 Å². The van der Waals surface area contributed by atoms with E-state index in [2.05, 4.69) is 0 Å². The molecule has 0 N–H and O–H groups in total. The molecule has 3 nitrogen and oxygen atoms in total. The number of hydrogen-bond donors (Lipinski definition) is 0. The van der Waals surface area contributed by atoms with Gasteiger partial charge < -0.3 is 4.90 Å². The lowest BCUT2D eigenvalue weighted by Gasteiger charge is -2.23. The maximum Gasteiger partial charge on any atom is 0.224 e. The molecule has 0 unspecified atom stereocenters. The van der Waals surface area contributed by atoms with Gasteiger partial charge in [0.1, 0.15) is 5.40 Å². The fraction of sp³-hybridized carbons (Fsp3) is 0.125. The monoisotopic (exact) mass is 314 g/mol. The third-order valence-electron chi connectivity index (χ3n) is 2.89. The van der Waals surface area contributed by atoms with E-state index in [0.717, 1.165) is 28.6 Å².